The van der Waals surface area contributed by atoms with E-state index >= 15 is 0 Å². The number of thiocarbonyl (C=S) groups is 1. The molecule has 0 heterocycles. The van der Waals surface area contributed by atoms with E-state index in [1.165, 1.54) is 0 Å². The Morgan fingerprint density at radius 2 is 1.57 bits per heavy atom. The third-order valence-electron chi connectivity index (χ3n) is 4.13. The van der Waals surface area contributed by atoms with Crippen molar-refractivity contribution in [1.29, 1.82) is 0 Å². The van der Waals surface area contributed by atoms with E-state index in [1.807, 2.05) is 30.3 Å². The fourth-order valence-electron chi connectivity index (χ4n) is 2.60. The summed E-state index contributed by atoms with van der Waals surface area (Å²) in [7, 11) is 0. The predicted octanol–water partition coefficient (Wildman–Crippen LogP) is 1.37. The highest BCUT2D eigenvalue weighted by atomic mass is 32.1. The molecule has 0 fully saturated rings. The van der Waals surface area contributed by atoms with Gasteiger partial charge in [-0.2, -0.15) is 0 Å². The maximum absolute atomic E-state index is 12.1. The van der Waals surface area contributed by atoms with Gasteiger partial charge in [0, 0.05) is 18.7 Å². The van der Waals surface area contributed by atoms with Crippen LogP contribution in [0, 0.1) is 0 Å². The number of carboxylic acid groups (broad SMARTS) is 1. The standard InChI is InChI=1S/C21H25N3O3S/c25-19(17-11-5-2-6-12-17)24-18(20(26)27)13-7-8-14-22-21(28)23-15-16-9-3-1-4-10-16/h1-6,9-12,18H,7-8,13-15H2,(H,24,25)(H,26,27)(H2,22,23,28)/p-1/t18-/m0/s1. The van der Waals surface area contributed by atoms with Gasteiger partial charge in [-0.05, 0) is 49.2 Å². The van der Waals surface area contributed by atoms with Crippen LogP contribution in [0.1, 0.15) is 35.2 Å². The molecule has 2 aromatic rings. The van der Waals surface area contributed by atoms with E-state index in [0.29, 0.717) is 36.6 Å². The number of carbonyl (C=O) groups excluding carboxylic acids is 2. The van der Waals surface area contributed by atoms with Crippen molar-refractivity contribution in [3.8, 4) is 0 Å². The molecule has 0 saturated carbocycles. The summed E-state index contributed by atoms with van der Waals surface area (Å²) in [6, 6.07) is 17.4. The molecule has 3 N–H and O–H groups in total. The number of carboxylic acids is 1. The van der Waals surface area contributed by atoms with E-state index < -0.39 is 17.9 Å². The van der Waals surface area contributed by atoms with Crippen molar-refractivity contribution in [1.82, 2.24) is 16.0 Å². The summed E-state index contributed by atoms with van der Waals surface area (Å²) in [5, 5.41) is 20.6. The minimum Gasteiger partial charge on any atom is -0.548 e. The van der Waals surface area contributed by atoms with E-state index in [2.05, 4.69) is 16.0 Å². The van der Waals surface area contributed by atoms with Crippen LogP contribution in [0.3, 0.4) is 0 Å². The Kier molecular flexibility index (Phi) is 8.94. The topological polar surface area (TPSA) is 93.3 Å². The fraction of sp³-hybridized carbons (Fsp3) is 0.286. The van der Waals surface area contributed by atoms with Gasteiger partial charge in [-0.15, -0.1) is 0 Å². The molecule has 2 rings (SSSR count). The van der Waals surface area contributed by atoms with E-state index in [-0.39, 0.29) is 0 Å². The number of unbranched alkanes of at least 4 members (excludes halogenated alkanes) is 1. The highest BCUT2D eigenvalue weighted by molar-refractivity contribution is 7.80. The van der Waals surface area contributed by atoms with Gasteiger partial charge in [-0.1, -0.05) is 48.5 Å². The molecule has 0 aliphatic carbocycles. The molecule has 0 radical (unpaired) electrons. The minimum atomic E-state index is -1.28. The molecule has 148 valence electrons. The second-order valence-electron chi connectivity index (χ2n) is 6.30. The molecule has 1 amide bonds. The van der Waals surface area contributed by atoms with Crippen molar-refractivity contribution in [3.63, 3.8) is 0 Å². The number of nitrogens with one attached hydrogen (secondary N) is 3. The van der Waals surface area contributed by atoms with Crippen LogP contribution >= 0.6 is 12.2 Å². The molecule has 0 bridgehead atoms. The predicted molar refractivity (Wildman–Crippen MR) is 110 cm³/mol. The maximum Gasteiger partial charge on any atom is 0.251 e. The van der Waals surface area contributed by atoms with Gasteiger partial charge in [-0.3, -0.25) is 4.79 Å². The number of hydrogen-bond acceptors (Lipinski definition) is 4. The molecule has 0 aliphatic rings. The lowest BCUT2D eigenvalue weighted by molar-refractivity contribution is -0.308. The zero-order valence-electron chi connectivity index (χ0n) is 15.5. The molecule has 1 atom stereocenters. The van der Waals surface area contributed by atoms with E-state index in [1.54, 1.807) is 30.3 Å². The lowest BCUT2D eigenvalue weighted by Gasteiger charge is -2.20. The molecular weight excluding hydrogens is 374 g/mol. The molecular formula is C21H24N3O3S-. The minimum absolute atomic E-state index is 0.298. The lowest BCUT2D eigenvalue weighted by Crippen LogP contribution is -2.47. The van der Waals surface area contributed by atoms with Crippen molar-refractivity contribution >= 4 is 29.2 Å². The molecule has 2 aromatic carbocycles. The third kappa shape index (κ3) is 7.75. The van der Waals surface area contributed by atoms with Gasteiger partial charge in [0.05, 0.1) is 12.0 Å². The Morgan fingerprint density at radius 1 is 0.929 bits per heavy atom. The second-order valence-corrected chi connectivity index (χ2v) is 6.71. The van der Waals surface area contributed by atoms with Crippen LogP contribution in [-0.4, -0.2) is 29.6 Å². The summed E-state index contributed by atoms with van der Waals surface area (Å²) in [6.45, 7) is 1.26. The number of aliphatic carboxylic acids is 1. The van der Waals surface area contributed by atoms with Crippen LogP contribution in [0.15, 0.2) is 60.7 Å². The van der Waals surface area contributed by atoms with Crippen molar-refractivity contribution in [2.75, 3.05) is 6.54 Å². The first-order chi connectivity index (χ1) is 13.6. The van der Waals surface area contributed by atoms with Crippen LogP contribution in [0.4, 0.5) is 0 Å². The summed E-state index contributed by atoms with van der Waals surface area (Å²) in [5.41, 5.74) is 1.56. The Balaban J connectivity index is 1.64. The van der Waals surface area contributed by atoms with Gasteiger partial charge < -0.3 is 25.9 Å². The first-order valence-corrected chi connectivity index (χ1v) is 9.59. The quantitative estimate of drug-likeness (QED) is 0.413. The van der Waals surface area contributed by atoms with Crippen LogP contribution in [0.25, 0.3) is 0 Å². The first-order valence-electron chi connectivity index (χ1n) is 9.18. The lowest BCUT2D eigenvalue weighted by atomic mass is 10.1. The van der Waals surface area contributed by atoms with Crippen molar-refractivity contribution in [3.05, 3.63) is 71.8 Å². The summed E-state index contributed by atoms with van der Waals surface area (Å²) in [4.78, 5) is 23.4. The van der Waals surface area contributed by atoms with E-state index in [9.17, 15) is 14.7 Å². The van der Waals surface area contributed by atoms with Crippen molar-refractivity contribution in [2.45, 2.75) is 31.8 Å². The molecule has 7 heteroatoms. The summed E-state index contributed by atoms with van der Waals surface area (Å²) in [6.07, 6.45) is 1.63. The average Bonchev–Trinajstić information content (AvgIpc) is 2.72. The summed E-state index contributed by atoms with van der Waals surface area (Å²) >= 11 is 5.22. The Morgan fingerprint density at radius 3 is 2.21 bits per heavy atom. The number of benzene rings is 2. The normalized spacial score (nSPS) is 11.3. The zero-order chi connectivity index (χ0) is 20.2. The molecule has 0 unspecified atom stereocenters. The molecule has 0 spiro atoms. The Bertz CT molecular complexity index is 769. The SMILES string of the molecule is O=C(N[C@@H](CCCCNC(=S)NCc1ccccc1)C(=O)[O-])c1ccccc1. The van der Waals surface area contributed by atoms with Crippen LogP contribution < -0.4 is 21.1 Å². The summed E-state index contributed by atoms with van der Waals surface area (Å²) in [5.74, 6) is -1.70. The van der Waals surface area contributed by atoms with Crippen LogP contribution in [0.5, 0.6) is 0 Å². The van der Waals surface area contributed by atoms with Gasteiger partial charge in [0.1, 0.15) is 0 Å². The largest absolute Gasteiger partial charge is 0.548 e. The fourth-order valence-corrected chi connectivity index (χ4v) is 2.77. The van der Waals surface area contributed by atoms with Gasteiger partial charge >= 0.3 is 0 Å². The zero-order valence-corrected chi connectivity index (χ0v) is 16.3. The molecule has 0 saturated heterocycles. The molecule has 6 nitrogen and oxygen atoms in total. The number of rotatable bonds is 10. The molecule has 28 heavy (non-hydrogen) atoms. The van der Waals surface area contributed by atoms with Gasteiger partial charge in [0.15, 0.2) is 5.11 Å². The monoisotopic (exact) mass is 398 g/mol. The highest BCUT2D eigenvalue weighted by Gasteiger charge is 2.14. The number of carbonyl (C=O) groups is 2. The maximum atomic E-state index is 12.1. The smallest absolute Gasteiger partial charge is 0.251 e. The Labute approximate surface area is 170 Å². The van der Waals surface area contributed by atoms with E-state index in [0.717, 1.165) is 12.0 Å². The van der Waals surface area contributed by atoms with Gasteiger partial charge in [-0.25, -0.2) is 0 Å². The molecule has 0 aromatic heterocycles. The second kappa shape index (κ2) is 11.7. The van der Waals surface area contributed by atoms with Crippen molar-refractivity contribution < 1.29 is 14.7 Å². The third-order valence-corrected chi connectivity index (χ3v) is 4.42. The number of amides is 1. The van der Waals surface area contributed by atoms with Crippen LogP contribution in [0.2, 0.25) is 0 Å². The van der Waals surface area contributed by atoms with Crippen molar-refractivity contribution in [2.24, 2.45) is 0 Å². The first kappa shape index (κ1) is 21.4. The van der Waals surface area contributed by atoms with Gasteiger partial charge in [0.2, 0.25) is 0 Å². The summed E-state index contributed by atoms with van der Waals surface area (Å²) < 4.78 is 0. The highest BCUT2D eigenvalue weighted by Crippen LogP contribution is 2.04. The molecule has 0 aliphatic heterocycles. The van der Waals surface area contributed by atoms with E-state index in [4.69, 9.17) is 12.2 Å². The number of hydrogen-bond donors (Lipinski definition) is 3. The van der Waals surface area contributed by atoms with Gasteiger partial charge in [0.25, 0.3) is 5.91 Å². The average molecular weight is 399 g/mol. The van der Waals surface area contributed by atoms with Crippen LogP contribution in [-0.2, 0) is 11.3 Å². The Hall–Kier alpha value is -2.93.